The number of hydrogen-bond donors (Lipinski definition) is 0. The first-order chi connectivity index (χ1) is 17.0. The van der Waals surface area contributed by atoms with Crippen molar-refractivity contribution >= 4 is 29.4 Å². The summed E-state index contributed by atoms with van der Waals surface area (Å²) in [7, 11) is 1.70. The fourth-order valence-electron chi connectivity index (χ4n) is 4.72. The van der Waals surface area contributed by atoms with Gasteiger partial charge in [0.1, 0.15) is 16.7 Å². The van der Waals surface area contributed by atoms with Crippen LogP contribution < -0.4 is 10.6 Å². The predicted molar refractivity (Wildman–Crippen MR) is 134 cm³/mol. The Morgan fingerprint density at radius 2 is 2.00 bits per heavy atom. The first kappa shape index (κ1) is 23.6. The molecule has 0 saturated carbocycles. The third-order valence-corrected chi connectivity index (χ3v) is 6.95. The number of carbonyl (C=O) groups is 1. The minimum atomic E-state index is -0.172. The summed E-state index contributed by atoms with van der Waals surface area (Å²) in [6.07, 6.45) is 5.67. The molecular weight excluding hydrogens is 468 g/mol. The van der Waals surface area contributed by atoms with Gasteiger partial charge in [-0.15, -0.1) is 0 Å². The molecule has 1 atom stereocenters. The molecule has 5 rings (SSSR count). The zero-order valence-corrected chi connectivity index (χ0v) is 20.4. The molecule has 35 heavy (non-hydrogen) atoms. The van der Waals surface area contributed by atoms with Crippen LogP contribution in [0.3, 0.4) is 0 Å². The summed E-state index contributed by atoms with van der Waals surface area (Å²) in [5, 5.41) is 4.23. The molecule has 0 bridgehead atoms. The van der Waals surface area contributed by atoms with Crippen molar-refractivity contribution < 1.29 is 9.53 Å². The number of carbonyl (C=O) groups excluding carboxylic acids is 1. The number of aldehydes is 1. The summed E-state index contributed by atoms with van der Waals surface area (Å²) in [6.45, 7) is 6.13. The van der Waals surface area contributed by atoms with E-state index in [0.29, 0.717) is 35.0 Å². The molecular formula is C25H27ClN6O3. The van der Waals surface area contributed by atoms with Crippen LogP contribution in [-0.2, 0) is 11.8 Å². The number of ether oxygens (including phenoxy) is 1. The van der Waals surface area contributed by atoms with Crippen molar-refractivity contribution in [2.24, 2.45) is 7.05 Å². The molecule has 0 aromatic carbocycles. The Labute approximate surface area is 208 Å². The average molecular weight is 495 g/mol. The van der Waals surface area contributed by atoms with Crippen LogP contribution in [-0.4, -0.2) is 75.7 Å². The number of aryl methyl sites for hydroxylation is 1. The second-order valence-corrected chi connectivity index (χ2v) is 9.27. The summed E-state index contributed by atoms with van der Waals surface area (Å²) < 4.78 is 6.91. The lowest BCUT2D eigenvalue weighted by molar-refractivity contribution is -0.0847. The number of hydrogen-bond acceptors (Lipinski definition) is 8. The van der Waals surface area contributed by atoms with E-state index < -0.39 is 0 Å². The van der Waals surface area contributed by atoms with E-state index in [1.807, 2.05) is 23.2 Å². The van der Waals surface area contributed by atoms with Crippen LogP contribution in [0.25, 0.3) is 11.1 Å². The Morgan fingerprint density at radius 3 is 2.66 bits per heavy atom. The average Bonchev–Trinajstić information content (AvgIpc) is 2.82. The van der Waals surface area contributed by atoms with Gasteiger partial charge < -0.3 is 9.30 Å². The van der Waals surface area contributed by atoms with Gasteiger partial charge in [-0.25, -0.2) is 15.0 Å². The summed E-state index contributed by atoms with van der Waals surface area (Å²) >= 11 is 6.19. The smallest absolute Gasteiger partial charge is 0.275 e. The fraction of sp³-hybridized carbons (Fsp3) is 0.360. The Balaban J connectivity index is 1.60. The number of anilines is 2. The van der Waals surface area contributed by atoms with Crippen molar-refractivity contribution in [2.75, 3.05) is 37.9 Å². The van der Waals surface area contributed by atoms with E-state index in [1.54, 1.807) is 37.8 Å². The van der Waals surface area contributed by atoms with Gasteiger partial charge >= 0.3 is 0 Å². The second-order valence-electron chi connectivity index (χ2n) is 8.91. The molecule has 3 aromatic rings. The van der Waals surface area contributed by atoms with Crippen LogP contribution in [0.4, 0.5) is 11.5 Å². The highest BCUT2D eigenvalue weighted by atomic mass is 35.5. The molecule has 10 heteroatoms. The largest absolute Gasteiger partial charge is 0.378 e. The summed E-state index contributed by atoms with van der Waals surface area (Å²) in [5.74, 6) is 0.650. The molecule has 0 spiro atoms. The highest BCUT2D eigenvalue weighted by Crippen LogP contribution is 2.32. The lowest BCUT2D eigenvalue weighted by Crippen LogP contribution is -2.62. The van der Waals surface area contributed by atoms with Crippen LogP contribution in [0.2, 0.25) is 5.15 Å². The number of rotatable bonds is 6. The van der Waals surface area contributed by atoms with Gasteiger partial charge in [0.05, 0.1) is 24.8 Å². The van der Waals surface area contributed by atoms with Crippen LogP contribution in [0.1, 0.15) is 17.3 Å². The number of pyridine rings is 3. The van der Waals surface area contributed by atoms with Gasteiger partial charge in [-0.3, -0.25) is 19.5 Å². The van der Waals surface area contributed by atoms with E-state index in [4.69, 9.17) is 16.3 Å². The number of hydrazine groups is 1. The molecule has 2 saturated heterocycles. The molecule has 0 aliphatic carbocycles. The Hall–Kier alpha value is -3.11. The molecule has 0 radical (unpaired) electrons. The maximum atomic E-state index is 13.5. The van der Waals surface area contributed by atoms with Crippen LogP contribution >= 0.6 is 11.6 Å². The summed E-state index contributed by atoms with van der Waals surface area (Å²) in [6, 6.07) is 9.76. The molecule has 3 aromatic heterocycles. The zero-order valence-electron chi connectivity index (χ0n) is 19.7. The van der Waals surface area contributed by atoms with Crippen LogP contribution in [0, 0.1) is 0 Å². The van der Waals surface area contributed by atoms with Crippen molar-refractivity contribution in [1.29, 1.82) is 0 Å². The highest BCUT2D eigenvalue weighted by molar-refractivity contribution is 6.32. The lowest BCUT2D eigenvalue weighted by Gasteiger charge is -2.48. The minimum absolute atomic E-state index is 0.124. The first-order valence-corrected chi connectivity index (χ1v) is 12.0. The fourth-order valence-corrected chi connectivity index (χ4v) is 4.92. The maximum absolute atomic E-state index is 13.5. The monoisotopic (exact) mass is 494 g/mol. The lowest BCUT2D eigenvalue weighted by atomic mass is 10.0. The maximum Gasteiger partial charge on any atom is 0.275 e. The van der Waals surface area contributed by atoms with Gasteiger partial charge in [0.15, 0.2) is 6.29 Å². The normalized spacial score (nSPS) is 19.3. The Morgan fingerprint density at radius 1 is 1.17 bits per heavy atom. The third-order valence-electron chi connectivity index (χ3n) is 6.65. The molecule has 0 unspecified atom stereocenters. The molecule has 2 aliphatic rings. The van der Waals surface area contributed by atoms with E-state index in [-0.39, 0.29) is 22.3 Å². The highest BCUT2D eigenvalue weighted by Gasteiger charge is 2.36. The van der Waals surface area contributed by atoms with Gasteiger partial charge in [-0.1, -0.05) is 17.7 Å². The molecule has 5 heterocycles. The molecule has 2 aliphatic heterocycles. The standard InChI is InChI=1S/C25H27ClN6O3/c1-17-12-30(19-15-35-16-19)9-10-31(17)32(23-5-3-4-7-27-23)22-11-18(13-29(2)25(22)34)20-6-8-28-24(26)21(20)14-33/h3-8,11,13-14,17,19H,9-10,12,15-16H2,1-2H3/t17-/m0/s1. The molecule has 0 amide bonds. The SMILES string of the molecule is C[C@H]1CN(C2COC2)CCN1N(c1ccccn1)c1cc(-c2ccnc(Cl)c2C=O)cn(C)c1=O. The van der Waals surface area contributed by atoms with E-state index in [0.717, 1.165) is 32.8 Å². The number of nitrogens with zero attached hydrogens (tertiary/aromatic N) is 6. The van der Waals surface area contributed by atoms with E-state index in [9.17, 15) is 9.59 Å². The predicted octanol–water partition coefficient (Wildman–Crippen LogP) is 2.77. The van der Waals surface area contributed by atoms with E-state index in [1.165, 1.54) is 4.57 Å². The van der Waals surface area contributed by atoms with Gasteiger partial charge in [-0.05, 0) is 36.8 Å². The molecule has 0 N–H and O–H groups in total. The van der Waals surface area contributed by atoms with Crippen molar-refractivity contribution in [3.05, 3.63) is 70.0 Å². The van der Waals surface area contributed by atoms with E-state index >= 15 is 0 Å². The van der Waals surface area contributed by atoms with Gasteiger partial charge in [0.2, 0.25) is 0 Å². The number of aromatic nitrogens is 3. The summed E-state index contributed by atoms with van der Waals surface area (Å²) in [4.78, 5) is 36.3. The van der Waals surface area contributed by atoms with Gasteiger partial charge in [-0.2, -0.15) is 0 Å². The minimum Gasteiger partial charge on any atom is -0.378 e. The topological polar surface area (TPSA) is 83.8 Å². The van der Waals surface area contributed by atoms with Crippen molar-refractivity contribution in [3.8, 4) is 11.1 Å². The Bertz CT molecular complexity index is 1280. The number of piperazine rings is 1. The van der Waals surface area contributed by atoms with Gasteiger partial charge in [0, 0.05) is 56.9 Å². The molecule has 2 fully saturated rings. The second kappa shape index (κ2) is 9.87. The Kier molecular flexibility index (Phi) is 6.66. The van der Waals surface area contributed by atoms with Crippen molar-refractivity contribution in [1.82, 2.24) is 24.4 Å². The van der Waals surface area contributed by atoms with Gasteiger partial charge in [0.25, 0.3) is 5.56 Å². The molecule has 182 valence electrons. The summed E-state index contributed by atoms with van der Waals surface area (Å²) in [5.41, 5.74) is 1.86. The zero-order chi connectivity index (χ0) is 24.5. The van der Waals surface area contributed by atoms with Crippen LogP contribution in [0.5, 0.6) is 0 Å². The quantitative estimate of drug-likeness (QED) is 0.382. The van der Waals surface area contributed by atoms with Crippen molar-refractivity contribution in [3.63, 3.8) is 0 Å². The van der Waals surface area contributed by atoms with Crippen molar-refractivity contribution in [2.45, 2.75) is 19.0 Å². The number of halogens is 1. The molecule has 9 nitrogen and oxygen atoms in total. The third kappa shape index (κ3) is 4.48. The van der Waals surface area contributed by atoms with Crippen LogP contribution in [0.15, 0.2) is 53.7 Å². The van der Waals surface area contributed by atoms with E-state index in [2.05, 4.69) is 26.8 Å². The first-order valence-electron chi connectivity index (χ1n) is 11.6.